The molecule has 1 aromatic rings. The van der Waals surface area contributed by atoms with Crippen molar-refractivity contribution in [1.29, 1.82) is 0 Å². The zero-order valence-corrected chi connectivity index (χ0v) is 9.70. The van der Waals surface area contributed by atoms with E-state index in [2.05, 4.69) is 0 Å². The van der Waals surface area contributed by atoms with E-state index in [0.717, 1.165) is 11.3 Å². The second-order valence-electron chi connectivity index (χ2n) is 3.77. The van der Waals surface area contributed by atoms with Gasteiger partial charge in [0.2, 0.25) is 0 Å². The van der Waals surface area contributed by atoms with Crippen LogP contribution in [0.4, 0.5) is 0 Å². The molecule has 0 unspecified atom stereocenters. The summed E-state index contributed by atoms with van der Waals surface area (Å²) in [6.45, 7) is 4.11. The highest BCUT2D eigenvalue weighted by Crippen LogP contribution is 2.20. The van der Waals surface area contributed by atoms with Crippen LogP contribution in [0.5, 0.6) is 5.75 Å². The van der Waals surface area contributed by atoms with Gasteiger partial charge in [0.15, 0.2) is 6.61 Å². The Kier molecular flexibility index (Phi) is 3.72. The number of hydrogen-bond acceptors (Lipinski definition) is 2. The predicted octanol–water partition coefficient (Wildman–Crippen LogP) is 1.77. The molecule has 0 fully saturated rings. The first-order valence-electron chi connectivity index (χ1n) is 4.91. The van der Waals surface area contributed by atoms with E-state index in [1.54, 1.807) is 14.1 Å². The van der Waals surface area contributed by atoms with E-state index in [0.29, 0.717) is 0 Å². The Labute approximate surface area is 90.7 Å². The monoisotopic (exact) mass is 207 g/mol. The zero-order valence-electron chi connectivity index (χ0n) is 9.70. The fourth-order valence-corrected chi connectivity index (χ4v) is 1.15. The maximum absolute atomic E-state index is 11.3. The first kappa shape index (κ1) is 11.6. The van der Waals surface area contributed by atoms with Gasteiger partial charge in [-0.25, -0.2) is 0 Å². The molecule has 0 radical (unpaired) electrons. The first-order chi connectivity index (χ1) is 7.02. The maximum atomic E-state index is 11.3. The van der Waals surface area contributed by atoms with Crippen LogP contribution in [0.25, 0.3) is 0 Å². The van der Waals surface area contributed by atoms with E-state index in [4.69, 9.17) is 4.74 Å². The van der Waals surface area contributed by atoms with Crippen molar-refractivity contribution in [3.8, 4) is 5.75 Å². The molecule has 0 spiro atoms. The van der Waals surface area contributed by atoms with E-state index in [9.17, 15) is 4.79 Å². The highest BCUT2D eigenvalue weighted by Gasteiger charge is 2.06. The van der Waals surface area contributed by atoms with Gasteiger partial charge in [-0.1, -0.05) is 12.1 Å². The van der Waals surface area contributed by atoms with Crippen molar-refractivity contribution in [3.63, 3.8) is 0 Å². The van der Waals surface area contributed by atoms with Gasteiger partial charge in [-0.05, 0) is 31.0 Å². The number of aryl methyl sites for hydroxylation is 1. The fourth-order valence-electron chi connectivity index (χ4n) is 1.15. The zero-order chi connectivity index (χ0) is 11.4. The summed E-state index contributed by atoms with van der Waals surface area (Å²) in [4.78, 5) is 12.8. The molecule has 1 aromatic carbocycles. The largest absolute Gasteiger partial charge is 0.483 e. The quantitative estimate of drug-likeness (QED) is 0.756. The Balaban J connectivity index is 2.66. The molecule has 0 N–H and O–H groups in total. The normalized spacial score (nSPS) is 9.87. The van der Waals surface area contributed by atoms with Gasteiger partial charge >= 0.3 is 0 Å². The number of carbonyl (C=O) groups is 1. The lowest BCUT2D eigenvalue weighted by Crippen LogP contribution is -2.27. The smallest absolute Gasteiger partial charge is 0.259 e. The minimum atomic E-state index is -0.0316. The third kappa shape index (κ3) is 2.98. The van der Waals surface area contributed by atoms with Gasteiger partial charge in [0.05, 0.1) is 0 Å². The second kappa shape index (κ2) is 4.82. The van der Waals surface area contributed by atoms with Crippen molar-refractivity contribution < 1.29 is 9.53 Å². The second-order valence-corrected chi connectivity index (χ2v) is 3.77. The van der Waals surface area contributed by atoms with E-state index >= 15 is 0 Å². The van der Waals surface area contributed by atoms with Crippen LogP contribution in [0.2, 0.25) is 0 Å². The Hall–Kier alpha value is -1.51. The Morgan fingerprint density at radius 2 is 2.00 bits per heavy atom. The third-order valence-corrected chi connectivity index (χ3v) is 2.40. The molecule has 0 bridgehead atoms. The van der Waals surface area contributed by atoms with Crippen LogP contribution in [-0.4, -0.2) is 31.5 Å². The minimum Gasteiger partial charge on any atom is -0.483 e. The molecule has 0 heterocycles. The van der Waals surface area contributed by atoms with Gasteiger partial charge in [-0.15, -0.1) is 0 Å². The molecule has 15 heavy (non-hydrogen) atoms. The number of amides is 1. The van der Waals surface area contributed by atoms with Crippen molar-refractivity contribution in [2.24, 2.45) is 0 Å². The maximum Gasteiger partial charge on any atom is 0.259 e. The molecular formula is C12H17NO2. The van der Waals surface area contributed by atoms with Crippen molar-refractivity contribution in [2.75, 3.05) is 20.7 Å². The SMILES string of the molecule is Cc1cccc(OCC(=O)N(C)C)c1C. The van der Waals surface area contributed by atoms with Crippen LogP contribution >= 0.6 is 0 Å². The van der Waals surface area contributed by atoms with Crippen LogP contribution in [0.3, 0.4) is 0 Å². The minimum absolute atomic E-state index is 0.0316. The summed E-state index contributed by atoms with van der Waals surface area (Å²) >= 11 is 0. The fraction of sp³-hybridized carbons (Fsp3) is 0.417. The topological polar surface area (TPSA) is 29.5 Å². The molecule has 0 aliphatic rings. The molecule has 0 atom stereocenters. The van der Waals surface area contributed by atoms with Crippen molar-refractivity contribution in [2.45, 2.75) is 13.8 Å². The summed E-state index contributed by atoms with van der Waals surface area (Å²) < 4.78 is 5.45. The van der Waals surface area contributed by atoms with Crippen LogP contribution in [0.15, 0.2) is 18.2 Å². The summed E-state index contributed by atoms with van der Waals surface area (Å²) in [6, 6.07) is 5.83. The van der Waals surface area contributed by atoms with E-state index in [1.165, 1.54) is 10.5 Å². The summed E-state index contributed by atoms with van der Waals surface area (Å²) in [5.74, 6) is 0.751. The van der Waals surface area contributed by atoms with Gasteiger partial charge in [-0.2, -0.15) is 0 Å². The summed E-state index contributed by atoms with van der Waals surface area (Å²) in [7, 11) is 3.43. The third-order valence-electron chi connectivity index (χ3n) is 2.40. The number of carbonyl (C=O) groups excluding carboxylic acids is 1. The molecule has 82 valence electrons. The lowest BCUT2D eigenvalue weighted by atomic mass is 10.1. The Morgan fingerprint density at radius 1 is 1.33 bits per heavy atom. The first-order valence-corrected chi connectivity index (χ1v) is 4.91. The molecule has 1 rings (SSSR count). The van der Waals surface area contributed by atoms with Crippen LogP contribution in [0.1, 0.15) is 11.1 Å². The van der Waals surface area contributed by atoms with Crippen LogP contribution < -0.4 is 4.74 Å². The van der Waals surface area contributed by atoms with Gasteiger partial charge in [0, 0.05) is 14.1 Å². The number of benzene rings is 1. The standard InChI is InChI=1S/C12H17NO2/c1-9-6-5-7-11(10(9)2)15-8-12(14)13(3)4/h5-7H,8H2,1-4H3. The highest BCUT2D eigenvalue weighted by molar-refractivity contribution is 5.77. The molecule has 1 amide bonds. The molecular weight excluding hydrogens is 190 g/mol. The van der Waals surface area contributed by atoms with E-state index in [1.807, 2.05) is 32.0 Å². The lowest BCUT2D eigenvalue weighted by molar-refractivity contribution is -0.130. The van der Waals surface area contributed by atoms with E-state index < -0.39 is 0 Å². The average Bonchev–Trinajstić information content (AvgIpc) is 2.19. The molecule has 3 nitrogen and oxygen atoms in total. The molecule has 0 aromatic heterocycles. The number of rotatable bonds is 3. The predicted molar refractivity (Wildman–Crippen MR) is 60.1 cm³/mol. The van der Waals surface area contributed by atoms with Gasteiger partial charge < -0.3 is 9.64 Å². The van der Waals surface area contributed by atoms with Crippen molar-refractivity contribution >= 4 is 5.91 Å². The van der Waals surface area contributed by atoms with Crippen LogP contribution in [-0.2, 0) is 4.79 Å². The van der Waals surface area contributed by atoms with E-state index in [-0.39, 0.29) is 12.5 Å². The molecule has 0 saturated heterocycles. The molecule has 0 saturated carbocycles. The molecule has 0 aliphatic carbocycles. The Bertz CT molecular complexity index is 359. The molecule has 3 heteroatoms. The van der Waals surface area contributed by atoms with Crippen molar-refractivity contribution in [3.05, 3.63) is 29.3 Å². The number of likely N-dealkylation sites (N-methyl/N-ethyl adjacent to an activating group) is 1. The summed E-state index contributed by atoms with van der Waals surface area (Å²) in [5.41, 5.74) is 2.26. The number of ether oxygens (including phenoxy) is 1. The lowest BCUT2D eigenvalue weighted by Gasteiger charge is -2.13. The number of hydrogen-bond donors (Lipinski definition) is 0. The van der Waals surface area contributed by atoms with Crippen molar-refractivity contribution in [1.82, 2.24) is 4.90 Å². The molecule has 0 aliphatic heterocycles. The van der Waals surface area contributed by atoms with Gasteiger partial charge in [0.25, 0.3) is 5.91 Å². The van der Waals surface area contributed by atoms with Gasteiger partial charge in [0.1, 0.15) is 5.75 Å². The van der Waals surface area contributed by atoms with Gasteiger partial charge in [-0.3, -0.25) is 4.79 Å². The number of nitrogens with zero attached hydrogens (tertiary/aromatic N) is 1. The summed E-state index contributed by atoms with van der Waals surface area (Å²) in [5, 5.41) is 0. The highest BCUT2D eigenvalue weighted by atomic mass is 16.5. The van der Waals surface area contributed by atoms with Crippen LogP contribution in [0, 0.1) is 13.8 Å². The summed E-state index contributed by atoms with van der Waals surface area (Å²) in [6.07, 6.45) is 0. The Morgan fingerprint density at radius 3 is 2.60 bits per heavy atom. The average molecular weight is 207 g/mol.